The van der Waals surface area contributed by atoms with E-state index >= 15 is 0 Å². The van der Waals surface area contributed by atoms with Crippen molar-refractivity contribution < 1.29 is 28.6 Å². The van der Waals surface area contributed by atoms with Gasteiger partial charge >= 0.3 is 17.9 Å². The van der Waals surface area contributed by atoms with Crippen molar-refractivity contribution in [3.05, 3.63) is 158 Å². The highest BCUT2D eigenvalue weighted by molar-refractivity contribution is 5.71. The van der Waals surface area contributed by atoms with E-state index in [-0.39, 0.29) is 31.1 Å². The first-order chi connectivity index (χ1) is 38.5. The number of allylic oxidation sites excluding steroid dienone is 26. The second-order valence-corrected chi connectivity index (χ2v) is 20.2. The minimum atomic E-state index is -0.812. The van der Waals surface area contributed by atoms with E-state index in [0.29, 0.717) is 19.3 Å². The summed E-state index contributed by atoms with van der Waals surface area (Å²) < 4.78 is 16.8. The molecule has 438 valence electrons. The maximum Gasteiger partial charge on any atom is 0.306 e. The van der Waals surface area contributed by atoms with Crippen molar-refractivity contribution in [1.29, 1.82) is 0 Å². The number of carbonyl (C=O) groups excluding carboxylic acids is 3. The van der Waals surface area contributed by atoms with Crippen LogP contribution in [0.1, 0.15) is 258 Å². The van der Waals surface area contributed by atoms with E-state index in [4.69, 9.17) is 14.2 Å². The molecule has 0 fully saturated rings. The topological polar surface area (TPSA) is 78.9 Å². The molecule has 6 nitrogen and oxygen atoms in total. The van der Waals surface area contributed by atoms with Crippen molar-refractivity contribution in [2.45, 2.75) is 264 Å². The average molecular weight is 1080 g/mol. The van der Waals surface area contributed by atoms with Gasteiger partial charge in [0.05, 0.1) is 0 Å². The summed E-state index contributed by atoms with van der Waals surface area (Å²) in [5.41, 5.74) is 0. The van der Waals surface area contributed by atoms with Gasteiger partial charge in [0.15, 0.2) is 6.10 Å². The highest BCUT2D eigenvalue weighted by Gasteiger charge is 2.19. The predicted octanol–water partition coefficient (Wildman–Crippen LogP) is 21.7. The summed E-state index contributed by atoms with van der Waals surface area (Å²) in [5.74, 6) is -0.970. The van der Waals surface area contributed by atoms with Crippen molar-refractivity contribution in [2.24, 2.45) is 0 Å². The van der Waals surface area contributed by atoms with Crippen LogP contribution in [0.2, 0.25) is 0 Å². The quantitative estimate of drug-likeness (QED) is 0.0261. The average Bonchev–Trinajstić information content (AvgIpc) is 3.44. The molecule has 0 aliphatic rings. The van der Waals surface area contributed by atoms with Gasteiger partial charge in [-0.15, -0.1) is 0 Å². The molecule has 0 aromatic carbocycles. The van der Waals surface area contributed by atoms with Gasteiger partial charge in [-0.3, -0.25) is 14.4 Å². The molecule has 0 amide bonds. The van der Waals surface area contributed by atoms with Crippen LogP contribution in [0.15, 0.2) is 158 Å². The van der Waals surface area contributed by atoms with Crippen LogP contribution in [0.3, 0.4) is 0 Å². The minimum absolute atomic E-state index is 0.106. The van der Waals surface area contributed by atoms with E-state index in [2.05, 4.69) is 179 Å². The normalized spacial score (nSPS) is 13.2. The van der Waals surface area contributed by atoms with Crippen molar-refractivity contribution in [3.63, 3.8) is 0 Å². The van der Waals surface area contributed by atoms with Gasteiger partial charge in [-0.05, 0) is 148 Å². The molecule has 0 spiro atoms. The van der Waals surface area contributed by atoms with Gasteiger partial charge in [-0.2, -0.15) is 0 Å². The second kappa shape index (κ2) is 64.6. The smallest absolute Gasteiger partial charge is 0.306 e. The molecular formula is C72H114O6. The highest BCUT2D eigenvalue weighted by Crippen LogP contribution is 2.13. The van der Waals surface area contributed by atoms with Crippen LogP contribution in [-0.4, -0.2) is 37.2 Å². The molecule has 1 atom stereocenters. The molecule has 0 aliphatic carbocycles. The van der Waals surface area contributed by atoms with Crippen LogP contribution >= 0.6 is 0 Å². The molecule has 0 bridgehead atoms. The number of carbonyl (C=O) groups is 3. The molecule has 0 rings (SSSR count). The van der Waals surface area contributed by atoms with Crippen molar-refractivity contribution >= 4 is 17.9 Å². The van der Waals surface area contributed by atoms with Gasteiger partial charge in [-0.25, -0.2) is 0 Å². The lowest BCUT2D eigenvalue weighted by Crippen LogP contribution is -2.30. The predicted molar refractivity (Wildman–Crippen MR) is 338 cm³/mol. The van der Waals surface area contributed by atoms with Crippen molar-refractivity contribution in [2.75, 3.05) is 13.2 Å². The first-order valence-corrected chi connectivity index (χ1v) is 31.5. The Morgan fingerprint density at radius 2 is 0.500 bits per heavy atom. The zero-order valence-corrected chi connectivity index (χ0v) is 50.1. The summed E-state index contributed by atoms with van der Waals surface area (Å²) >= 11 is 0. The minimum Gasteiger partial charge on any atom is -0.462 e. The van der Waals surface area contributed by atoms with Crippen molar-refractivity contribution in [1.82, 2.24) is 0 Å². The van der Waals surface area contributed by atoms with E-state index < -0.39 is 6.10 Å². The number of hydrogen-bond acceptors (Lipinski definition) is 6. The fraction of sp³-hybridized carbons (Fsp3) is 0.597. The van der Waals surface area contributed by atoms with E-state index in [1.165, 1.54) is 44.9 Å². The molecule has 0 radical (unpaired) electrons. The van der Waals surface area contributed by atoms with Gasteiger partial charge in [0.25, 0.3) is 0 Å². The zero-order valence-electron chi connectivity index (χ0n) is 50.1. The summed E-state index contributed by atoms with van der Waals surface area (Å²) in [5, 5.41) is 0. The molecule has 0 saturated heterocycles. The number of esters is 3. The Balaban J connectivity index is 4.42. The Morgan fingerprint density at radius 1 is 0.269 bits per heavy atom. The summed E-state index contributed by atoms with van der Waals surface area (Å²) in [6.45, 7) is 6.35. The van der Waals surface area contributed by atoms with Gasteiger partial charge in [-0.1, -0.05) is 249 Å². The van der Waals surface area contributed by atoms with Crippen LogP contribution in [0.25, 0.3) is 0 Å². The molecule has 0 heterocycles. The number of unbranched alkanes of at least 4 members (excludes halogenated alkanes) is 18. The molecule has 0 aromatic rings. The van der Waals surface area contributed by atoms with Crippen LogP contribution in [0.5, 0.6) is 0 Å². The van der Waals surface area contributed by atoms with E-state index in [0.717, 1.165) is 173 Å². The Labute approximate surface area is 480 Å². The third-order valence-corrected chi connectivity index (χ3v) is 12.7. The van der Waals surface area contributed by atoms with Gasteiger partial charge in [0, 0.05) is 19.3 Å². The number of ether oxygens (including phenoxy) is 3. The van der Waals surface area contributed by atoms with Gasteiger partial charge in [0.1, 0.15) is 13.2 Å². The lowest BCUT2D eigenvalue weighted by molar-refractivity contribution is -0.167. The van der Waals surface area contributed by atoms with E-state index in [9.17, 15) is 14.4 Å². The molecule has 0 aromatic heterocycles. The summed E-state index contributed by atoms with van der Waals surface area (Å²) in [6.07, 6.45) is 93.9. The lowest BCUT2D eigenvalue weighted by Gasteiger charge is -2.18. The molecular weight excluding hydrogens is 961 g/mol. The fourth-order valence-corrected chi connectivity index (χ4v) is 8.09. The second-order valence-electron chi connectivity index (χ2n) is 20.2. The monoisotopic (exact) mass is 1070 g/mol. The largest absolute Gasteiger partial charge is 0.462 e. The van der Waals surface area contributed by atoms with Crippen LogP contribution < -0.4 is 0 Å². The molecule has 0 aliphatic heterocycles. The summed E-state index contributed by atoms with van der Waals surface area (Å²) in [7, 11) is 0. The molecule has 78 heavy (non-hydrogen) atoms. The van der Waals surface area contributed by atoms with Crippen LogP contribution in [0, 0.1) is 0 Å². The molecule has 6 heteroatoms. The fourth-order valence-electron chi connectivity index (χ4n) is 8.09. The molecule has 0 N–H and O–H groups in total. The van der Waals surface area contributed by atoms with E-state index in [1.54, 1.807) is 0 Å². The lowest BCUT2D eigenvalue weighted by atomic mass is 10.1. The van der Waals surface area contributed by atoms with Crippen LogP contribution in [0.4, 0.5) is 0 Å². The first-order valence-electron chi connectivity index (χ1n) is 31.5. The Hall–Kier alpha value is -4.97. The SMILES string of the molecule is CC/C=C\C/C=C\C/C=C\C/C=C\C/C=C\C/C=C\C/C=C\C/C=C\C/C=C\CCCCCC(=O)OCC(COC(=O)CCCCCCC/C=C\CCCCCCC)OC(=O)CCCCCCC/C=C\C/C=C\C/C=C\CC. The van der Waals surface area contributed by atoms with Gasteiger partial charge in [0.2, 0.25) is 0 Å². The highest BCUT2D eigenvalue weighted by atomic mass is 16.6. The zero-order chi connectivity index (χ0) is 56.4. The van der Waals surface area contributed by atoms with Gasteiger partial charge < -0.3 is 14.2 Å². The number of hydrogen-bond donors (Lipinski definition) is 0. The third kappa shape index (κ3) is 61.9. The maximum absolute atomic E-state index is 12.9. The standard InChI is InChI=1S/C72H114O6/c1-4-7-10-13-16-19-22-25-28-29-30-31-32-33-34-35-36-37-38-39-40-41-42-43-45-47-50-53-56-59-62-65-71(74)77-68-69(67-76-70(73)64-61-58-55-52-49-46-27-24-21-18-15-12-9-6-3)78-72(75)66-63-60-57-54-51-48-44-26-23-20-17-14-11-8-5-2/h7-8,10-11,16-17,19-20,24-28,30-31,33-34,36-37,39-40,42-44,47,50,69H,4-6,9,12-15,18,21-23,29,32,35,38,41,45-46,48-49,51-68H2,1-3H3/b10-7-,11-8-,19-16-,20-17-,27-24-,28-25-,31-30-,34-33-,37-36-,40-39-,43-42-,44-26-,50-47-. The Kier molecular flexibility index (Phi) is 60.4. The van der Waals surface area contributed by atoms with Crippen molar-refractivity contribution in [3.8, 4) is 0 Å². The third-order valence-electron chi connectivity index (χ3n) is 12.7. The first kappa shape index (κ1) is 73.0. The summed E-state index contributed by atoms with van der Waals surface area (Å²) in [6, 6.07) is 0. The maximum atomic E-state index is 12.9. The number of rotatable bonds is 55. The molecule has 0 saturated carbocycles. The Bertz CT molecular complexity index is 1760. The summed E-state index contributed by atoms with van der Waals surface area (Å²) in [4.78, 5) is 38.2. The molecule has 1 unspecified atom stereocenters. The Morgan fingerprint density at radius 3 is 0.808 bits per heavy atom. The van der Waals surface area contributed by atoms with E-state index in [1.807, 2.05) is 0 Å². The van der Waals surface area contributed by atoms with Crippen LogP contribution in [-0.2, 0) is 28.6 Å².